The Morgan fingerprint density at radius 1 is 1.32 bits per heavy atom. The van der Waals surface area contributed by atoms with Crippen LogP contribution in [0.15, 0.2) is 57.9 Å². The summed E-state index contributed by atoms with van der Waals surface area (Å²) in [5.74, 6) is 0.569. The first-order valence-electron chi connectivity index (χ1n) is 8.58. The number of hydrogen-bond acceptors (Lipinski definition) is 5. The van der Waals surface area contributed by atoms with Crippen LogP contribution in [0, 0.1) is 6.92 Å². The molecule has 1 amide bonds. The molecule has 1 N–H and O–H groups in total. The summed E-state index contributed by atoms with van der Waals surface area (Å²) in [4.78, 5) is 28.8. The van der Waals surface area contributed by atoms with Crippen LogP contribution in [0.1, 0.15) is 18.1 Å². The Morgan fingerprint density at radius 2 is 2.11 bits per heavy atom. The summed E-state index contributed by atoms with van der Waals surface area (Å²) in [7, 11) is 0. The Morgan fingerprint density at radius 3 is 2.79 bits per heavy atom. The van der Waals surface area contributed by atoms with Crippen LogP contribution in [-0.2, 0) is 11.2 Å². The molecule has 28 heavy (non-hydrogen) atoms. The van der Waals surface area contributed by atoms with Crippen molar-refractivity contribution in [3.8, 4) is 5.75 Å². The molecule has 0 unspecified atom stereocenters. The van der Waals surface area contributed by atoms with Gasteiger partial charge in [0, 0.05) is 17.6 Å². The number of ether oxygens (including phenoxy) is 1. The second-order valence-corrected chi connectivity index (χ2v) is 6.92. The topological polar surface area (TPSA) is 81.4 Å². The van der Waals surface area contributed by atoms with Crippen molar-refractivity contribution in [2.24, 2.45) is 0 Å². The van der Waals surface area contributed by atoms with Gasteiger partial charge in [-0.3, -0.25) is 4.79 Å². The van der Waals surface area contributed by atoms with Gasteiger partial charge in [0.2, 0.25) is 5.91 Å². The summed E-state index contributed by atoms with van der Waals surface area (Å²) in [5.41, 5.74) is 1.73. The SMILES string of the molecule is C=C(C)COc1ccc2c(C)c(CC(=O)Nc3ccc(Cl)cn3)c(=O)oc2c1. The Labute approximate surface area is 166 Å². The highest BCUT2D eigenvalue weighted by molar-refractivity contribution is 6.30. The molecule has 0 saturated heterocycles. The third-order valence-corrected chi connectivity index (χ3v) is 4.30. The van der Waals surface area contributed by atoms with E-state index in [1.807, 2.05) is 13.0 Å². The van der Waals surface area contributed by atoms with Crippen molar-refractivity contribution in [2.45, 2.75) is 20.3 Å². The van der Waals surface area contributed by atoms with Gasteiger partial charge in [-0.25, -0.2) is 9.78 Å². The molecule has 0 radical (unpaired) electrons. The predicted molar refractivity (Wildman–Crippen MR) is 109 cm³/mol. The lowest BCUT2D eigenvalue weighted by Crippen LogP contribution is -2.21. The number of amides is 1. The number of carbonyl (C=O) groups is 1. The van der Waals surface area contributed by atoms with E-state index < -0.39 is 5.63 Å². The molecular weight excluding hydrogens is 380 g/mol. The standard InChI is InChI=1S/C21H19ClN2O4/c1-12(2)11-27-15-5-6-16-13(3)17(21(26)28-18(16)8-15)9-20(25)24-19-7-4-14(22)10-23-19/h4-8,10H,1,9,11H2,2-3H3,(H,23,24,25). The third kappa shape index (κ3) is 4.58. The van der Waals surface area contributed by atoms with E-state index in [1.54, 1.807) is 31.2 Å². The maximum Gasteiger partial charge on any atom is 0.340 e. The van der Waals surface area contributed by atoms with Gasteiger partial charge in [-0.1, -0.05) is 18.2 Å². The fraction of sp³-hybridized carbons (Fsp3) is 0.190. The number of aryl methyl sites for hydroxylation is 1. The number of carbonyl (C=O) groups excluding carboxylic acids is 1. The van der Waals surface area contributed by atoms with Gasteiger partial charge in [-0.05, 0) is 49.2 Å². The molecule has 3 aromatic rings. The van der Waals surface area contributed by atoms with Gasteiger partial charge in [-0.2, -0.15) is 0 Å². The summed E-state index contributed by atoms with van der Waals surface area (Å²) in [6.07, 6.45) is 1.31. The van der Waals surface area contributed by atoms with Gasteiger partial charge in [0.1, 0.15) is 23.8 Å². The summed E-state index contributed by atoms with van der Waals surface area (Å²) in [5, 5.41) is 3.85. The summed E-state index contributed by atoms with van der Waals surface area (Å²) < 4.78 is 11.0. The molecule has 0 bridgehead atoms. The predicted octanol–water partition coefficient (Wildman–Crippen LogP) is 4.29. The van der Waals surface area contributed by atoms with Crippen LogP contribution in [0.2, 0.25) is 5.02 Å². The van der Waals surface area contributed by atoms with Crippen molar-refractivity contribution >= 4 is 34.3 Å². The molecule has 2 aromatic heterocycles. The number of nitrogens with one attached hydrogen (secondary N) is 1. The minimum Gasteiger partial charge on any atom is -0.489 e. The zero-order chi connectivity index (χ0) is 20.3. The highest BCUT2D eigenvalue weighted by Gasteiger charge is 2.16. The van der Waals surface area contributed by atoms with Crippen LogP contribution in [0.3, 0.4) is 0 Å². The maximum absolute atomic E-state index is 12.4. The number of fused-ring (bicyclic) bond motifs is 1. The van der Waals surface area contributed by atoms with Gasteiger partial charge in [0.25, 0.3) is 0 Å². The van der Waals surface area contributed by atoms with E-state index in [0.29, 0.717) is 39.9 Å². The summed E-state index contributed by atoms with van der Waals surface area (Å²) in [6.45, 7) is 7.82. The van der Waals surface area contributed by atoms with Gasteiger partial charge in [0.05, 0.1) is 17.0 Å². The van der Waals surface area contributed by atoms with E-state index in [0.717, 1.165) is 11.0 Å². The smallest absolute Gasteiger partial charge is 0.340 e. The molecule has 0 fully saturated rings. The first-order valence-corrected chi connectivity index (χ1v) is 8.96. The van der Waals surface area contributed by atoms with E-state index in [9.17, 15) is 9.59 Å². The average molecular weight is 399 g/mol. The van der Waals surface area contributed by atoms with Crippen molar-refractivity contribution in [1.82, 2.24) is 4.98 Å². The van der Waals surface area contributed by atoms with Gasteiger partial charge in [0.15, 0.2) is 0 Å². The minimum atomic E-state index is -0.554. The molecular formula is C21H19ClN2O4. The molecule has 6 nitrogen and oxygen atoms in total. The number of aromatic nitrogens is 1. The molecule has 0 aliphatic carbocycles. The lowest BCUT2D eigenvalue weighted by Gasteiger charge is -2.10. The lowest BCUT2D eigenvalue weighted by molar-refractivity contribution is -0.115. The Bertz CT molecular complexity index is 1100. The first kappa shape index (κ1) is 19.6. The van der Waals surface area contributed by atoms with Crippen molar-refractivity contribution in [3.63, 3.8) is 0 Å². The Kier molecular flexibility index (Phi) is 5.80. The van der Waals surface area contributed by atoms with Crippen molar-refractivity contribution < 1.29 is 13.9 Å². The van der Waals surface area contributed by atoms with E-state index in [-0.39, 0.29) is 12.3 Å². The van der Waals surface area contributed by atoms with Crippen LogP contribution in [-0.4, -0.2) is 17.5 Å². The molecule has 144 valence electrons. The molecule has 0 aliphatic rings. The van der Waals surface area contributed by atoms with Crippen LogP contribution >= 0.6 is 11.6 Å². The number of benzene rings is 1. The second-order valence-electron chi connectivity index (χ2n) is 6.48. The zero-order valence-electron chi connectivity index (χ0n) is 15.5. The number of halogens is 1. The van der Waals surface area contributed by atoms with E-state index in [4.69, 9.17) is 20.8 Å². The molecule has 0 saturated carbocycles. The highest BCUT2D eigenvalue weighted by Crippen LogP contribution is 2.24. The van der Waals surface area contributed by atoms with E-state index in [1.165, 1.54) is 6.20 Å². The van der Waals surface area contributed by atoms with Crippen LogP contribution in [0.4, 0.5) is 5.82 Å². The van der Waals surface area contributed by atoms with Gasteiger partial charge in [-0.15, -0.1) is 0 Å². The molecule has 3 rings (SSSR count). The van der Waals surface area contributed by atoms with Crippen LogP contribution < -0.4 is 15.7 Å². The lowest BCUT2D eigenvalue weighted by atomic mass is 10.0. The van der Waals surface area contributed by atoms with E-state index >= 15 is 0 Å². The number of nitrogens with zero attached hydrogens (tertiary/aromatic N) is 1. The first-order chi connectivity index (χ1) is 13.3. The third-order valence-electron chi connectivity index (χ3n) is 4.08. The highest BCUT2D eigenvalue weighted by atomic mass is 35.5. The average Bonchev–Trinajstić information content (AvgIpc) is 2.65. The number of pyridine rings is 1. The second kappa shape index (κ2) is 8.27. The number of hydrogen-bond donors (Lipinski definition) is 1. The Hall–Kier alpha value is -3.12. The maximum atomic E-state index is 12.4. The number of rotatable bonds is 6. The summed E-state index contributed by atoms with van der Waals surface area (Å²) >= 11 is 5.78. The molecule has 2 heterocycles. The van der Waals surface area contributed by atoms with Crippen molar-refractivity contribution in [1.29, 1.82) is 0 Å². The molecule has 0 atom stereocenters. The van der Waals surface area contributed by atoms with E-state index in [2.05, 4.69) is 16.9 Å². The van der Waals surface area contributed by atoms with Gasteiger partial charge >= 0.3 is 5.63 Å². The Balaban J connectivity index is 1.84. The normalized spacial score (nSPS) is 10.7. The molecule has 1 aromatic carbocycles. The van der Waals surface area contributed by atoms with Crippen molar-refractivity contribution in [2.75, 3.05) is 11.9 Å². The summed E-state index contributed by atoms with van der Waals surface area (Å²) in [6, 6.07) is 8.47. The van der Waals surface area contributed by atoms with Crippen LogP contribution in [0.5, 0.6) is 5.75 Å². The van der Waals surface area contributed by atoms with Gasteiger partial charge < -0.3 is 14.5 Å². The minimum absolute atomic E-state index is 0.123. The van der Waals surface area contributed by atoms with Crippen LogP contribution in [0.25, 0.3) is 11.0 Å². The monoisotopic (exact) mass is 398 g/mol. The molecule has 0 aliphatic heterocycles. The fourth-order valence-corrected chi connectivity index (χ4v) is 2.78. The largest absolute Gasteiger partial charge is 0.489 e. The molecule has 7 heteroatoms. The van der Waals surface area contributed by atoms with Crippen molar-refractivity contribution in [3.05, 3.63) is 75.3 Å². The number of anilines is 1. The fourth-order valence-electron chi connectivity index (χ4n) is 2.67. The zero-order valence-corrected chi connectivity index (χ0v) is 16.3. The quantitative estimate of drug-likeness (QED) is 0.495. The molecule has 0 spiro atoms.